The van der Waals surface area contributed by atoms with Crippen molar-refractivity contribution in [2.75, 3.05) is 12.3 Å². The number of thioether (sulfide) groups is 1. The molecule has 0 aliphatic carbocycles. The number of nitrogens with zero attached hydrogens (tertiary/aromatic N) is 3. The number of thiocyanates is 1. The molecule has 0 bridgehead atoms. The highest BCUT2D eigenvalue weighted by atomic mass is 32.2. The van der Waals surface area contributed by atoms with E-state index < -0.39 is 0 Å². The number of hydrogen-bond donors (Lipinski definition) is 1. The second kappa shape index (κ2) is 8.19. The quantitative estimate of drug-likeness (QED) is 0.372. The van der Waals surface area contributed by atoms with Gasteiger partial charge in [0.1, 0.15) is 23.1 Å². The molecule has 0 spiro atoms. The molecule has 2 aromatic carbocycles. The normalized spacial score (nSPS) is 11.0. The third kappa shape index (κ3) is 3.59. The van der Waals surface area contributed by atoms with Crippen LogP contribution in [0.3, 0.4) is 0 Å². The summed E-state index contributed by atoms with van der Waals surface area (Å²) in [6, 6.07) is 14.1. The lowest BCUT2D eigenvalue weighted by Crippen LogP contribution is -2.26. The summed E-state index contributed by atoms with van der Waals surface area (Å²) in [5.74, 6) is 0.969. The third-order valence-corrected chi connectivity index (χ3v) is 5.15. The minimum absolute atomic E-state index is 0.190. The van der Waals surface area contributed by atoms with Gasteiger partial charge >= 0.3 is 5.84 Å². The lowest BCUT2D eigenvalue weighted by atomic mass is 10.0. The zero-order valence-corrected chi connectivity index (χ0v) is 15.9. The molecule has 1 N–H and O–H groups in total. The number of carbonyl (C=O) groups is 1. The highest BCUT2D eigenvalue weighted by Gasteiger charge is 2.22. The standard InChI is InChI=1S/C21H18N4O2S/c22-14-28-12-4-3-9-23-20(26)19-18(24-21-25(19)10-11-27-21)17-8-7-15-5-1-2-6-16(15)13-17/h1-2,5-8,10-11,13H,3-4,9,12H2,(H,23,26). The second-order valence-electron chi connectivity index (χ2n) is 6.33. The molecule has 0 unspecified atom stereocenters. The number of hydrogen-bond acceptors (Lipinski definition) is 5. The largest absolute Gasteiger partial charge is 0.432 e. The van der Waals surface area contributed by atoms with Crippen LogP contribution in [0.15, 0.2) is 59.3 Å². The maximum absolute atomic E-state index is 12.9. The molecular weight excluding hydrogens is 372 g/mol. The molecule has 2 heterocycles. The lowest BCUT2D eigenvalue weighted by Gasteiger charge is -2.07. The van der Waals surface area contributed by atoms with Gasteiger partial charge in [-0.1, -0.05) is 36.4 Å². The predicted octanol–water partition coefficient (Wildman–Crippen LogP) is 4.47. The lowest BCUT2D eigenvalue weighted by molar-refractivity contribution is 0.0948. The smallest absolute Gasteiger partial charge is 0.306 e. The van der Waals surface area contributed by atoms with Crippen molar-refractivity contribution in [3.8, 4) is 16.7 Å². The van der Waals surface area contributed by atoms with Crippen LogP contribution in [0.4, 0.5) is 0 Å². The average Bonchev–Trinajstić information content (AvgIpc) is 3.31. The molecule has 7 heteroatoms. The number of benzene rings is 2. The topological polar surface area (TPSA) is 83.3 Å². The predicted molar refractivity (Wildman–Crippen MR) is 110 cm³/mol. The molecule has 1 amide bonds. The van der Waals surface area contributed by atoms with Crippen molar-refractivity contribution in [3.63, 3.8) is 0 Å². The molecule has 4 rings (SSSR count). The van der Waals surface area contributed by atoms with Crippen molar-refractivity contribution in [1.29, 1.82) is 5.26 Å². The molecule has 0 saturated carbocycles. The van der Waals surface area contributed by atoms with Crippen LogP contribution in [-0.2, 0) is 0 Å². The van der Waals surface area contributed by atoms with E-state index in [-0.39, 0.29) is 5.91 Å². The number of oxazole rings is 1. The van der Waals surface area contributed by atoms with Gasteiger partial charge in [-0.05, 0) is 41.4 Å². The van der Waals surface area contributed by atoms with E-state index in [9.17, 15) is 4.79 Å². The molecule has 2 aromatic heterocycles. The Morgan fingerprint density at radius 3 is 2.93 bits per heavy atom. The Bertz CT molecular complexity index is 1170. The van der Waals surface area contributed by atoms with E-state index in [1.165, 1.54) is 18.0 Å². The third-order valence-electron chi connectivity index (χ3n) is 4.52. The number of nitrogens with one attached hydrogen (secondary N) is 1. The van der Waals surface area contributed by atoms with E-state index in [0.29, 0.717) is 23.8 Å². The van der Waals surface area contributed by atoms with Gasteiger partial charge in [0.15, 0.2) is 0 Å². The van der Waals surface area contributed by atoms with Gasteiger partial charge in [0.25, 0.3) is 5.91 Å². The van der Waals surface area contributed by atoms with E-state index >= 15 is 0 Å². The Kier molecular flexibility index (Phi) is 5.31. The average molecular weight is 390 g/mol. The van der Waals surface area contributed by atoms with Gasteiger partial charge in [0, 0.05) is 24.1 Å². The monoisotopic (exact) mass is 390 g/mol. The van der Waals surface area contributed by atoms with Crippen molar-refractivity contribution in [2.24, 2.45) is 0 Å². The SMILES string of the molecule is N#CSCCCCNC(=O)c1c(-c2ccc3ccccc3c2)nc2occn12. The summed E-state index contributed by atoms with van der Waals surface area (Å²) in [6.45, 7) is 0.549. The number of aromatic nitrogens is 2. The van der Waals surface area contributed by atoms with Gasteiger partial charge in [-0.15, -0.1) is 0 Å². The summed E-state index contributed by atoms with van der Waals surface area (Å²) in [7, 11) is 0. The zero-order valence-electron chi connectivity index (χ0n) is 15.1. The summed E-state index contributed by atoms with van der Waals surface area (Å²) in [4.78, 5) is 17.4. The van der Waals surface area contributed by atoms with E-state index in [1.807, 2.05) is 36.4 Å². The van der Waals surface area contributed by atoms with E-state index in [4.69, 9.17) is 9.68 Å². The van der Waals surface area contributed by atoms with Crippen LogP contribution >= 0.6 is 11.8 Å². The van der Waals surface area contributed by atoms with Crippen molar-refractivity contribution >= 4 is 34.3 Å². The number of amides is 1. The summed E-state index contributed by atoms with van der Waals surface area (Å²) in [5, 5.41) is 15.8. The van der Waals surface area contributed by atoms with Crippen LogP contribution in [-0.4, -0.2) is 27.6 Å². The molecule has 140 valence electrons. The van der Waals surface area contributed by atoms with E-state index in [0.717, 1.165) is 34.9 Å². The molecule has 6 nitrogen and oxygen atoms in total. The maximum atomic E-state index is 12.9. The van der Waals surface area contributed by atoms with Gasteiger partial charge in [-0.2, -0.15) is 10.2 Å². The molecule has 0 saturated heterocycles. The summed E-state index contributed by atoms with van der Waals surface area (Å²) in [5.41, 5.74) is 1.93. The molecule has 4 aromatic rings. The molecule has 0 aliphatic heterocycles. The van der Waals surface area contributed by atoms with Crippen molar-refractivity contribution in [2.45, 2.75) is 12.8 Å². The Morgan fingerprint density at radius 2 is 2.07 bits per heavy atom. The van der Waals surface area contributed by atoms with Crippen LogP contribution in [0.1, 0.15) is 23.3 Å². The van der Waals surface area contributed by atoms with Gasteiger partial charge in [-0.25, -0.2) is 0 Å². The minimum atomic E-state index is -0.190. The van der Waals surface area contributed by atoms with Gasteiger partial charge in [0.05, 0.1) is 0 Å². The maximum Gasteiger partial charge on any atom is 0.306 e. The van der Waals surface area contributed by atoms with Crippen LogP contribution in [0.2, 0.25) is 0 Å². The Balaban J connectivity index is 1.61. The molecule has 0 radical (unpaired) electrons. The number of unbranched alkanes of at least 4 members (excludes halogenated alkanes) is 1. The number of rotatable bonds is 7. The fourth-order valence-electron chi connectivity index (χ4n) is 3.17. The van der Waals surface area contributed by atoms with E-state index in [1.54, 1.807) is 10.6 Å². The fourth-order valence-corrected chi connectivity index (χ4v) is 3.61. The summed E-state index contributed by atoms with van der Waals surface area (Å²) in [6.07, 6.45) is 4.91. The molecule has 28 heavy (non-hydrogen) atoms. The first kappa shape index (κ1) is 18.1. The summed E-state index contributed by atoms with van der Waals surface area (Å²) >= 11 is 1.23. The molecule has 0 fully saturated rings. The second-order valence-corrected chi connectivity index (χ2v) is 7.21. The first-order chi connectivity index (χ1) is 13.8. The van der Waals surface area contributed by atoms with Gasteiger partial charge in [0.2, 0.25) is 0 Å². The van der Waals surface area contributed by atoms with Gasteiger partial charge < -0.3 is 9.73 Å². The fraction of sp³-hybridized carbons (Fsp3) is 0.190. The molecule has 0 atom stereocenters. The highest BCUT2D eigenvalue weighted by Crippen LogP contribution is 2.28. The van der Waals surface area contributed by atoms with Crippen LogP contribution in [0.25, 0.3) is 27.9 Å². The minimum Gasteiger partial charge on any atom is -0.432 e. The first-order valence-corrected chi connectivity index (χ1v) is 10.0. The first-order valence-electron chi connectivity index (χ1n) is 9.02. The van der Waals surface area contributed by atoms with Crippen molar-refractivity contribution in [1.82, 2.24) is 14.7 Å². The number of nitriles is 1. The van der Waals surface area contributed by atoms with Crippen LogP contribution < -0.4 is 5.32 Å². The highest BCUT2D eigenvalue weighted by molar-refractivity contribution is 8.03. The van der Waals surface area contributed by atoms with Crippen molar-refractivity contribution in [3.05, 3.63) is 60.6 Å². The Morgan fingerprint density at radius 1 is 1.21 bits per heavy atom. The Labute approximate surface area is 166 Å². The number of carbonyl (C=O) groups excluding carboxylic acids is 1. The van der Waals surface area contributed by atoms with Gasteiger partial charge in [-0.3, -0.25) is 9.20 Å². The van der Waals surface area contributed by atoms with Crippen molar-refractivity contribution < 1.29 is 9.21 Å². The summed E-state index contributed by atoms with van der Waals surface area (Å²) < 4.78 is 7.08. The number of imidazole rings is 1. The zero-order chi connectivity index (χ0) is 19.3. The van der Waals surface area contributed by atoms with Crippen LogP contribution in [0, 0.1) is 10.7 Å². The van der Waals surface area contributed by atoms with Crippen LogP contribution in [0.5, 0.6) is 0 Å². The van der Waals surface area contributed by atoms with E-state index in [2.05, 4.69) is 21.8 Å². The molecule has 0 aliphatic rings. The number of fused-ring (bicyclic) bond motifs is 2. The molecular formula is C21H18N4O2S. The Hall–Kier alpha value is -3.24.